The molecule has 1 saturated heterocycles. The number of amides is 2. The zero-order chi connectivity index (χ0) is 34.0. The molecular formula is C33H32ClN9O5. The van der Waals surface area contributed by atoms with Gasteiger partial charge in [-0.05, 0) is 62.4 Å². The summed E-state index contributed by atoms with van der Waals surface area (Å²) in [6.07, 6.45) is 4.19. The van der Waals surface area contributed by atoms with Crippen molar-refractivity contribution in [1.29, 1.82) is 0 Å². The van der Waals surface area contributed by atoms with Crippen LogP contribution in [0, 0.1) is 0 Å². The normalized spacial score (nSPS) is 14.4. The number of nitrogens with one attached hydrogen (secondary N) is 3. The van der Waals surface area contributed by atoms with Gasteiger partial charge >= 0.3 is 11.8 Å². The first-order valence-corrected chi connectivity index (χ1v) is 15.4. The molecule has 0 bridgehead atoms. The molecule has 0 saturated carbocycles. The average molecular weight is 670 g/mol. The summed E-state index contributed by atoms with van der Waals surface area (Å²) >= 11 is 6.19. The van der Waals surface area contributed by atoms with Crippen molar-refractivity contribution in [3.05, 3.63) is 111 Å². The smallest absolute Gasteiger partial charge is 0.410 e. The van der Waals surface area contributed by atoms with E-state index in [0.717, 1.165) is 0 Å². The Hall–Kier alpha value is -5.89. The molecule has 4 N–H and O–H groups in total. The standard InChI is InChI=1S/C33H32ClN9O5/c1-4-33(2,3)48-32(47)42-13-11-41(12-14-42)30(45)20-7-5-9-23(15-20)37-27-18-26(36-24-10-6-8-22(34)17-24)39-28-21(19-35-43(27)28)16-25-29(44)40-31(46)38-25/h4-10,15-19,36,44H,1,11-14H2,2-3H3,(H2,38,40,46). The molecule has 6 rings (SSSR count). The minimum atomic E-state index is -0.790. The molecule has 14 nitrogen and oxygen atoms in total. The summed E-state index contributed by atoms with van der Waals surface area (Å²) in [6.45, 7) is 8.59. The van der Waals surface area contributed by atoms with Crippen molar-refractivity contribution in [3.8, 4) is 5.88 Å². The summed E-state index contributed by atoms with van der Waals surface area (Å²) in [5.41, 5.74) is 1.18. The van der Waals surface area contributed by atoms with Crippen molar-refractivity contribution >= 4 is 52.5 Å². The van der Waals surface area contributed by atoms with Crippen molar-refractivity contribution in [2.75, 3.05) is 31.5 Å². The Labute approximate surface area is 278 Å². The number of aromatic nitrogens is 5. The Morgan fingerprint density at radius 2 is 1.83 bits per heavy atom. The maximum absolute atomic E-state index is 13.5. The first-order chi connectivity index (χ1) is 23.0. The number of hydrogen-bond donors (Lipinski definition) is 4. The number of benzene rings is 2. The van der Waals surface area contributed by atoms with E-state index >= 15 is 0 Å². The fraction of sp³-hybridized carbons (Fsp3) is 0.212. The lowest BCUT2D eigenvalue weighted by Crippen LogP contribution is -2.51. The number of halogens is 1. The molecule has 1 aliphatic rings. The molecule has 0 spiro atoms. The number of piperazine rings is 1. The second-order valence-electron chi connectivity index (χ2n) is 11.6. The van der Waals surface area contributed by atoms with Crippen LogP contribution in [-0.4, -0.2) is 83.3 Å². The number of nitrogens with zero attached hydrogens (tertiary/aromatic N) is 6. The van der Waals surface area contributed by atoms with Gasteiger partial charge in [-0.15, -0.1) is 0 Å². The lowest BCUT2D eigenvalue weighted by Gasteiger charge is -2.35. The number of ether oxygens (including phenoxy) is 1. The molecule has 1 aliphatic heterocycles. The van der Waals surface area contributed by atoms with Gasteiger partial charge in [-0.2, -0.15) is 9.61 Å². The highest BCUT2D eigenvalue weighted by atomic mass is 35.5. The number of rotatable bonds is 7. The second kappa shape index (κ2) is 13.1. The maximum Gasteiger partial charge on any atom is 0.410 e. The molecular weight excluding hydrogens is 638 g/mol. The van der Waals surface area contributed by atoms with Crippen molar-refractivity contribution in [2.24, 2.45) is 4.99 Å². The van der Waals surface area contributed by atoms with Crippen LogP contribution in [0.15, 0.2) is 83.2 Å². The van der Waals surface area contributed by atoms with Gasteiger partial charge in [-0.1, -0.05) is 30.3 Å². The molecule has 0 unspecified atom stereocenters. The van der Waals surface area contributed by atoms with Gasteiger partial charge in [0, 0.05) is 53.7 Å². The van der Waals surface area contributed by atoms with Gasteiger partial charge in [0.25, 0.3) is 5.91 Å². The third-order valence-corrected chi connectivity index (χ3v) is 7.85. The monoisotopic (exact) mass is 669 g/mol. The number of aromatic amines is 2. The molecule has 5 aromatic rings. The lowest BCUT2D eigenvalue weighted by atomic mass is 10.1. The maximum atomic E-state index is 13.5. The van der Waals surface area contributed by atoms with Gasteiger partial charge in [0.1, 0.15) is 17.1 Å². The van der Waals surface area contributed by atoms with E-state index in [1.165, 1.54) is 16.8 Å². The minimum Gasteiger partial charge on any atom is -0.493 e. The van der Waals surface area contributed by atoms with E-state index in [2.05, 4.69) is 27.0 Å². The van der Waals surface area contributed by atoms with E-state index < -0.39 is 17.4 Å². The molecule has 48 heavy (non-hydrogen) atoms. The Bertz CT molecular complexity index is 2210. The van der Waals surface area contributed by atoms with Crippen molar-refractivity contribution in [2.45, 2.75) is 19.4 Å². The van der Waals surface area contributed by atoms with Crippen LogP contribution >= 0.6 is 11.6 Å². The van der Waals surface area contributed by atoms with Crippen LogP contribution in [0.1, 0.15) is 29.9 Å². The number of anilines is 2. The Kier molecular flexibility index (Phi) is 8.74. The Morgan fingerprint density at radius 1 is 1.08 bits per heavy atom. The first kappa shape index (κ1) is 32.1. The van der Waals surface area contributed by atoms with Crippen LogP contribution < -0.4 is 21.7 Å². The Morgan fingerprint density at radius 3 is 2.54 bits per heavy atom. The van der Waals surface area contributed by atoms with Gasteiger partial charge < -0.3 is 29.9 Å². The zero-order valence-electron chi connectivity index (χ0n) is 26.1. The van der Waals surface area contributed by atoms with E-state index in [9.17, 15) is 19.5 Å². The number of fused-ring (bicyclic) bond motifs is 1. The SMILES string of the molecule is C=CC(C)(C)OC(=O)N1CCN(C(=O)c2cccc(N=c3cc(Nc4cccc(Cl)c4)nc4c(=Cc5[nH]c(=O)[nH]c5O)cnn34)c2)CC1. The Balaban J connectivity index is 1.31. The van der Waals surface area contributed by atoms with Gasteiger partial charge in [0.05, 0.1) is 11.9 Å². The predicted octanol–water partition coefficient (Wildman–Crippen LogP) is 3.49. The first-order valence-electron chi connectivity index (χ1n) is 15.0. The van der Waals surface area contributed by atoms with Crippen LogP contribution in [0.2, 0.25) is 5.02 Å². The van der Waals surface area contributed by atoms with E-state index in [-0.39, 0.29) is 17.5 Å². The third-order valence-electron chi connectivity index (χ3n) is 7.62. The number of imidazole rings is 1. The number of carbonyl (C=O) groups is 2. The van der Waals surface area contributed by atoms with Crippen LogP contribution in [0.25, 0.3) is 11.7 Å². The van der Waals surface area contributed by atoms with E-state index in [1.807, 2.05) is 6.07 Å². The highest BCUT2D eigenvalue weighted by molar-refractivity contribution is 6.30. The summed E-state index contributed by atoms with van der Waals surface area (Å²) in [6, 6.07) is 15.7. The largest absolute Gasteiger partial charge is 0.493 e. The molecule has 2 amide bonds. The van der Waals surface area contributed by atoms with E-state index in [0.29, 0.717) is 70.3 Å². The fourth-order valence-electron chi connectivity index (χ4n) is 5.02. The summed E-state index contributed by atoms with van der Waals surface area (Å²) < 4.78 is 7.01. The van der Waals surface area contributed by atoms with Crippen LogP contribution in [-0.2, 0) is 4.74 Å². The highest BCUT2D eigenvalue weighted by Crippen LogP contribution is 2.20. The number of H-pyrrole nitrogens is 2. The predicted molar refractivity (Wildman–Crippen MR) is 179 cm³/mol. The molecule has 1 fully saturated rings. The quantitative estimate of drug-likeness (QED) is 0.191. The van der Waals surface area contributed by atoms with Gasteiger partial charge in [0.2, 0.25) is 5.88 Å². The van der Waals surface area contributed by atoms with Crippen LogP contribution in [0.3, 0.4) is 0 Å². The van der Waals surface area contributed by atoms with Crippen LogP contribution in [0.4, 0.5) is 22.0 Å². The molecule has 0 aliphatic carbocycles. The molecule has 0 radical (unpaired) electrons. The van der Waals surface area contributed by atoms with Gasteiger partial charge in [-0.25, -0.2) is 19.6 Å². The number of hydrogen-bond acceptors (Lipinski definition) is 9. The second-order valence-corrected chi connectivity index (χ2v) is 12.0. The molecule has 2 aromatic carbocycles. The third kappa shape index (κ3) is 7.08. The molecule has 15 heteroatoms. The zero-order valence-corrected chi connectivity index (χ0v) is 26.9. The summed E-state index contributed by atoms with van der Waals surface area (Å²) in [7, 11) is 0. The number of carbonyl (C=O) groups excluding carboxylic acids is 2. The summed E-state index contributed by atoms with van der Waals surface area (Å²) in [4.78, 5) is 55.4. The van der Waals surface area contributed by atoms with Crippen molar-refractivity contribution in [3.63, 3.8) is 0 Å². The molecule has 0 atom stereocenters. The summed E-state index contributed by atoms with van der Waals surface area (Å²) in [5.74, 6) is -0.0894. The van der Waals surface area contributed by atoms with Gasteiger partial charge in [-0.3, -0.25) is 9.78 Å². The van der Waals surface area contributed by atoms with Crippen LogP contribution in [0.5, 0.6) is 5.88 Å². The van der Waals surface area contributed by atoms with Crippen molar-refractivity contribution < 1.29 is 19.4 Å². The summed E-state index contributed by atoms with van der Waals surface area (Å²) in [5, 5.41) is 18.8. The van der Waals surface area contributed by atoms with E-state index in [1.54, 1.807) is 78.3 Å². The fourth-order valence-corrected chi connectivity index (χ4v) is 5.21. The average Bonchev–Trinajstić information content (AvgIpc) is 3.61. The number of aromatic hydroxyl groups is 1. The molecule has 246 valence electrons. The highest BCUT2D eigenvalue weighted by Gasteiger charge is 2.28. The minimum absolute atomic E-state index is 0.160. The molecule has 3 aromatic heterocycles. The van der Waals surface area contributed by atoms with Gasteiger partial charge in [0.15, 0.2) is 11.1 Å². The van der Waals surface area contributed by atoms with E-state index in [4.69, 9.17) is 26.3 Å². The molecule has 4 heterocycles. The topological polar surface area (TPSA) is 173 Å². The lowest BCUT2D eigenvalue weighted by molar-refractivity contribution is 0.0266. The van der Waals surface area contributed by atoms with Crippen molar-refractivity contribution in [1.82, 2.24) is 34.4 Å².